The van der Waals surface area contributed by atoms with E-state index in [9.17, 15) is 14.9 Å². The van der Waals surface area contributed by atoms with E-state index in [1.54, 1.807) is 11.0 Å². The summed E-state index contributed by atoms with van der Waals surface area (Å²) in [5.74, 6) is -0.173. The van der Waals surface area contributed by atoms with Gasteiger partial charge in [-0.1, -0.05) is 23.8 Å². The third kappa shape index (κ3) is 2.81. The second kappa shape index (κ2) is 6.55. The summed E-state index contributed by atoms with van der Waals surface area (Å²) >= 11 is 0. The molecule has 3 aromatic rings. The maximum Gasteiger partial charge on any atom is 0.279 e. The van der Waals surface area contributed by atoms with Crippen LogP contribution in [0.25, 0.3) is 5.69 Å². The van der Waals surface area contributed by atoms with E-state index in [2.05, 4.69) is 0 Å². The first-order valence-electron chi connectivity index (χ1n) is 9.80. The Labute approximate surface area is 167 Å². The summed E-state index contributed by atoms with van der Waals surface area (Å²) in [4.78, 5) is 25.8. The number of carbonyl (C=O) groups excluding carboxylic acids is 1. The SMILES string of the molecule is Cc1ccc(-n2nc(C(=O)N3CCc4ccc([N+](=O)[O-])cc43)c3c2CCC3)cc1. The van der Waals surface area contributed by atoms with E-state index in [0.717, 1.165) is 41.8 Å². The molecule has 0 atom stereocenters. The van der Waals surface area contributed by atoms with Crippen molar-refractivity contribution in [3.63, 3.8) is 0 Å². The van der Waals surface area contributed by atoms with Crippen molar-refractivity contribution in [3.05, 3.63) is 80.7 Å². The van der Waals surface area contributed by atoms with Crippen LogP contribution in [0, 0.1) is 17.0 Å². The summed E-state index contributed by atoms with van der Waals surface area (Å²) in [7, 11) is 0. The molecule has 0 bridgehead atoms. The van der Waals surface area contributed by atoms with Gasteiger partial charge < -0.3 is 4.90 Å². The molecular formula is C22H20N4O3. The first-order valence-corrected chi connectivity index (χ1v) is 9.80. The van der Waals surface area contributed by atoms with E-state index < -0.39 is 4.92 Å². The highest BCUT2D eigenvalue weighted by Crippen LogP contribution is 2.35. The molecule has 7 nitrogen and oxygen atoms in total. The Morgan fingerprint density at radius 2 is 1.90 bits per heavy atom. The molecule has 0 fully saturated rings. The van der Waals surface area contributed by atoms with Crippen LogP contribution in [0.5, 0.6) is 0 Å². The zero-order valence-corrected chi connectivity index (χ0v) is 16.1. The van der Waals surface area contributed by atoms with Crippen molar-refractivity contribution in [2.45, 2.75) is 32.6 Å². The average Bonchev–Trinajstić information content (AvgIpc) is 3.42. The minimum atomic E-state index is -0.426. The number of amides is 1. The third-order valence-electron chi connectivity index (χ3n) is 5.83. The third-order valence-corrected chi connectivity index (χ3v) is 5.83. The number of aryl methyl sites for hydroxylation is 1. The topological polar surface area (TPSA) is 81.3 Å². The van der Waals surface area contributed by atoms with Crippen molar-refractivity contribution in [1.82, 2.24) is 9.78 Å². The second-order valence-electron chi connectivity index (χ2n) is 7.65. The highest BCUT2D eigenvalue weighted by atomic mass is 16.6. The lowest BCUT2D eigenvalue weighted by Gasteiger charge is -2.16. The van der Waals surface area contributed by atoms with Gasteiger partial charge >= 0.3 is 0 Å². The van der Waals surface area contributed by atoms with Crippen LogP contribution in [0.1, 0.15) is 39.3 Å². The summed E-state index contributed by atoms with van der Waals surface area (Å²) in [5, 5.41) is 15.9. The van der Waals surface area contributed by atoms with Gasteiger partial charge in [0.25, 0.3) is 11.6 Å². The van der Waals surface area contributed by atoms with Gasteiger partial charge in [-0.15, -0.1) is 0 Å². The van der Waals surface area contributed by atoms with Gasteiger partial charge in [-0.05, 0) is 50.3 Å². The molecule has 2 aliphatic rings. The Morgan fingerprint density at radius 3 is 2.66 bits per heavy atom. The van der Waals surface area contributed by atoms with Crippen LogP contribution in [0.2, 0.25) is 0 Å². The molecule has 0 spiro atoms. The summed E-state index contributed by atoms with van der Waals surface area (Å²) in [6.07, 6.45) is 3.42. The number of non-ortho nitro benzene ring substituents is 1. The average molecular weight is 388 g/mol. The molecule has 5 rings (SSSR count). The van der Waals surface area contributed by atoms with E-state index in [1.807, 2.05) is 35.9 Å². The molecule has 0 radical (unpaired) electrons. The van der Waals surface area contributed by atoms with Crippen molar-refractivity contribution in [3.8, 4) is 5.69 Å². The normalized spacial score (nSPS) is 14.7. The molecule has 1 aliphatic heterocycles. The van der Waals surface area contributed by atoms with Crippen LogP contribution < -0.4 is 4.90 Å². The van der Waals surface area contributed by atoms with Crippen molar-refractivity contribution >= 4 is 17.3 Å². The predicted molar refractivity (Wildman–Crippen MR) is 109 cm³/mol. The Kier molecular flexibility index (Phi) is 3.97. The summed E-state index contributed by atoms with van der Waals surface area (Å²) in [6.45, 7) is 2.55. The molecule has 0 saturated heterocycles. The van der Waals surface area contributed by atoms with Gasteiger partial charge in [0.1, 0.15) is 0 Å². The first kappa shape index (κ1) is 17.6. The number of rotatable bonds is 3. The van der Waals surface area contributed by atoms with E-state index in [-0.39, 0.29) is 11.6 Å². The lowest BCUT2D eigenvalue weighted by atomic mass is 10.1. The van der Waals surface area contributed by atoms with Gasteiger partial charge in [0, 0.05) is 29.9 Å². The summed E-state index contributed by atoms with van der Waals surface area (Å²) in [5.41, 5.74) is 6.27. The fourth-order valence-electron chi connectivity index (χ4n) is 4.33. The molecule has 0 saturated carbocycles. The lowest BCUT2D eigenvalue weighted by molar-refractivity contribution is -0.384. The molecule has 146 valence electrons. The number of nitrogens with zero attached hydrogens (tertiary/aromatic N) is 4. The number of hydrogen-bond donors (Lipinski definition) is 0. The fourth-order valence-corrected chi connectivity index (χ4v) is 4.33. The number of carbonyl (C=O) groups is 1. The molecule has 1 aromatic heterocycles. The number of nitro benzene ring substituents is 1. The fraction of sp³-hybridized carbons (Fsp3) is 0.273. The van der Waals surface area contributed by atoms with Gasteiger partial charge in [-0.3, -0.25) is 14.9 Å². The van der Waals surface area contributed by atoms with Gasteiger partial charge in [0.2, 0.25) is 0 Å². The van der Waals surface area contributed by atoms with Crippen LogP contribution >= 0.6 is 0 Å². The van der Waals surface area contributed by atoms with Crippen molar-refractivity contribution in [2.24, 2.45) is 0 Å². The smallest absolute Gasteiger partial charge is 0.279 e. The van der Waals surface area contributed by atoms with Gasteiger partial charge in [-0.25, -0.2) is 4.68 Å². The van der Waals surface area contributed by atoms with Crippen molar-refractivity contribution in [1.29, 1.82) is 0 Å². The number of benzene rings is 2. The van der Waals surface area contributed by atoms with Crippen molar-refractivity contribution < 1.29 is 9.72 Å². The second-order valence-corrected chi connectivity index (χ2v) is 7.65. The van der Waals surface area contributed by atoms with Gasteiger partial charge in [-0.2, -0.15) is 5.10 Å². The highest BCUT2D eigenvalue weighted by Gasteiger charge is 2.33. The van der Waals surface area contributed by atoms with Crippen molar-refractivity contribution in [2.75, 3.05) is 11.4 Å². The molecule has 0 N–H and O–H groups in total. The van der Waals surface area contributed by atoms with Crippen LogP contribution in [0.3, 0.4) is 0 Å². The van der Waals surface area contributed by atoms with Crippen LogP contribution in [0.4, 0.5) is 11.4 Å². The maximum absolute atomic E-state index is 13.4. The Bertz CT molecular complexity index is 1150. The number of hydrogen-bond acceptors (Lipinski definition) is 4. The predicted octanol–water partition coefficient (Wildman–Crippen LogP) is 3.78. The van der Waals surface area contributed by atoms with Gasteiger partial charge in [0.05, 0.1) is 16.3 Å². The van der Waals surface area contributed by atoms with Crippen LogP contribution in [-0.2, 0) is 19.3 Å². The summed E-state index contributed by atoms with van der Waals surface area (Å²) in [6, 6.07) is 12.9. The standard InChI is InChI=1S/C22H20N4O3/c1-14-5-8-16(9-6-14)25-19-4-2-3-18(19)21(23-25)22(27)24-12-11-15-7-10-17(26(28)29)13-20(15)24/h5-10,13H,2-4,11-12H2,1H3. The number of fused-ring (bicyclic) bond motifs is 2. The Hall–Kier alpha value is -3.48. The molecule has 1 aliphatic carbocycles. The lowest BCUT2D eigenvalue weighted by Crippen LogP contribution is -2.30. The largest absolute Gasteiger partial charge is 0.306 e. The zero-order valence-electron chi connectivity index (χ0n) is 16.1. The molecule has 7 heteroatoms. The highest BCUT2D eigenvalue weighted by molar-refractivity contribution is 6.07. The number of anilines is 1. The van der Waals surface area contributed by atoms with Gasteiger partial charge in [0.15, 0.2) is 5.69 Å². The Balaban J connectivity index is 1.56. The minimum absolute atomic E-state index is 0.00105. The monoisotopic (exact) mass is 388 g/mol. The molecule has 2 heterocycles. The minimum Gasteiger partial charge on any atom is -0.306 e. The van der Waals surface area contributed by atoms with Crippen LogP contribution in [0.15, 0.2) is 42.5 Å². The summed E-state index contributed by atoms with van der Waals surface area (Å²) < 4.78 is 1.89. The molecular weight excluding hydrogens is 368 g/mol. The zero-order chi connectivity index (χ0) is 20.1. The van der Waals surface area contributed by atoms with E-state index >= 15 is 0 Å². The Morgan fingerprint density at radius 1 is 1.10 bits per heavy atom. The van der Waals surface area contributed by atoms with E-state index in [4.69, 9.17) is 5.10 Å². The van der Waals surface area contributed by atoms with Crippen LogP contribution in [-0.4, -0.2) is 27.2 Å². The number of aromatic nitrogens is 2. The maximum atomic E-state index is 13.4. The molecule has 29 heavy (non-hydrogen) atoms. The first-order chi connectivity index (χ1) is 14.0. The van der Waals surface area contributed by atoms with E-state index in [0.29, 0.717) is 24.3 Å². The quantitative estimate of drug-likeness (QED) is 0.505. The molecule has 0 unspecified atom stereocenters. The molecule has 2 aromatic carbocycles. The molecule has 1 amide bonds. The number of nitro groups is 1. The van der Waals surface area contributed by atoms with E-state index in [1.165, 1.54) is 17.7 Å².